The first kappa shape index (κ1) is 14.4. The monoisotopic (exact) mass is 263 g/mol. The summed E-state index contributed by atoms with van der Waals surface area (Å²) in [4.78, 5) is 0. The molecule has 1 fully saturated rings. The van der Waals surface area contributed by atoms with Crippen molar-refractivity contribution in [2.75, 3.05) is 0 Å². The molecule has 2 rings (SSSR count). The summed E-state index contributed by atoms with van der Waals surface area (Å²) in [5, 5.41) is 13.4. The third-order valence-corrected chi connectivity index (χ3v) is 3.88. The van der Waals surface area contributed by atoms with Gasteiger partial charge < -0.3 is 9.84 Å². The van der Waals surface area contributed by atoms with Gasteiger partial charge in [0.2, 0.25) is 0 Å². The number of aliphatic hydroxyl groups is 1. The Hall–Kier alpha value is -1.06. The maximum absolute atomic E-state index is 9.98. The van der Waals surface area contributed by atoms with Gasteiger partial charge >= 0.3 is 0 Å². The van der Waals surface area contributed by atoms with Crippen LogP contribution in [-0.4, -0.2) is 23.5 Å². The van der Waals surface area contributed by atoms with Gasteiger partial charge in [0.1, 0.15) is 12.0 Å². The Kier molecular flexibility index (Phi) is 4.83. The van der Waals surface area contributed by atoms with Crippen molar-refractivity contribution in [2.45, 2.75) is 64.8 Å². The fraction of sp³-hybridized carbons (Fsp3) is 0.625. The maximum atomic E-state index is 9.98. The molecular formula is C16H25NO2. The van der Waals surface area contributed by atoms with Gasteiger partial charge in [-0.25, -0.2) is 0 Å². The topological polar surface area (TPSA) is 41.5 Å². The van der Waals surface area contributed by atoms with E-state index in [1.54, 1.807) is 0 Å². The first-order chi connectivity index (χ1) is 9.08. The van der Waals surface area contributed by atoms with Crippen LogP contribution in [0.25, 0.3) is 0 Å². The molecule has 1 aliphatic rings. The summed E-state index contributed by atoms with van der Waals surface area (Å²) in [6.45, 7) is 6.13. The van der Waals surface area contributed by atoms with Gasteiger partial charge in [0.25, 0.3) is 0 Å². The van der Waals surface area contributed by atoms with Crippen molar-refractivity contribution in [3.8, 4) is 5.75 Å². The van der Waals surface area contributed by atoms with Gasteiger partial charge in [-0.15, -0.1) is 0 Å². The minimum absolute atomic E-state index is 0.0856. The Bertz CT molecular complexity index is 399. The molecule has 1 aromatic rings. The van der Waals surface area contributed by atoms with Crippen molar-refractivity contribution in [3.63, 3.8) is 0 Å². The summed E-state index contributed by atoms with van der Waals surface area (Å²) in [5.41, 5.74) is 2.30. The van der Waals surface area contributed by atoms with Crippen LogP contribution in [0.2, 0.25) is 0 Å². The van der Waals surface area contributed by atoms with Crippen LogP contribution in [-0.2, 0) is 0 Å². The molecule has 0 heterocycles. The Morgan fingerprint density at radius 1 is 1.21 bits per heavy atom. The SMILES string of the molecule is Cc1cccc(C)c1OC(C)NC1CCCCC1O. The van der Waals surface area contributed by atoms with Gasteiger partial charge in [-0.3, -0.25) is 5.32 Å². The van der Waals surface area contributed by atoms with Gasteiger partial charge in [-0.1, -0.05) is 31.0 Å². The largest absolute Gasteiger partial charge is 0.475 e. The number of para-hydroxylation sites is 1. The second-order valence-corrected chi connectivity index (χ2v) is 5.61. The Morgan fingerprint density at radius 2 is 1.84 bits per heavy atom. The molecular weight excluding hydrogens is 238 g/mol. The van der Waals surface area contributed by atoms with Crippen LogP contribution >= 0.6 is 0 Å². The number of benzene rings is 1. The predicted octanol–water partition coefficient (Wildman–Crippen LogP) is 2.92. The number of aryl methyl sites for hydroxylation is 2. The summed E-state index contributed by atoms with van der Waals surface area (Å²) >= 11 is 0. The van der Waals surface area contributed by atoms with Crippen molar-refractivity contribution in [3.05, 3.63) is 29.3 Å². The molecule has 0 amide bonds. The van der Waals surface area contributed by atoms with E-state index in [9.17, 15) is 5.11 Å². The van der Waals surface area contributed by atoms with Crippen molar-refractivity contribution < 1.29 is 9.84 Å². The lowest BCUT2D eigenvalue weighted by Crippen LogP contribution is -2.48. The van der Waals surface area contributed by atoms with E-state index in [-0.39, 0.29) is 18.4 Å². The number of aliphatic hydroxyl groups excluding tert-OH is 1. The highest BCUT2D eigenvalue weighted by Gasteiger charge is 2.24. The Labute approximate surface area is 116 Å². The molecule has 0 aliphatic heterocycles. The summed E-state index contributed by atoms with van der Waals surface area (Å²) in [6.07, 6.45) is 3.92. The normalized spacial score (nSPS) is 25.1. The van der Waals surface area contributed by atoms with Crippen LogP contribution in [0.1, 0.15) is 43.7 Å². The molecule has 1 saturated carbocycles. The van der Waals surface area contributed by atoms with Crippen LogP contribution in [0.15, 0.2) is 18.2 Å². The van der Waals surface area contributed by atoms with E-state index in [4.69, 9.17) is 4.74 Å². The van der Waals surface area contributed by atoms with E-state index in [0.29, 0.717) is 0 Å². The lowest BCUT2D eigenvalue weighted by atomic mass is 9.92. The minimum Gasteiger partial charge on any atom is -0.475 e. The molecule has 0 spiro atoms. The van der Waals surface area contributed by atoms with Gasteiger partial charge in [-0.2, -0.15) is 0 Å². The van der Waals surface area contributed by atoms with E-state index in [0.717, 1.165) is 36.1 Å². The van der Waals surface area contributed by atoms with E-state index in [1.807, 2.05) is 13.0 Å². The second kappa shape index (κ2) is 6.40. The first-order valence-electron chi connectivity index (χ1n) is 7.25. The lowest BCUT2D eigenvalue weighted by Gasteiger charge is -2.31. The van der Waals surface area contributed by atoms with Crippen molar-refractivity contribution in [2.24, 2.45) is 0 Å². The Morgan fingerprint density at radius 3 is 2.47 bits per heavy atom. The van der Waals surface area contributed by atoms with Crippen LogP contribution in [0, 0.1) is 13.8 Å². The molecule has 3 atom stereocenters. The van der Waals surface area contributed by atoms with E-state index in [2.05, 4.69) is 31.3 Å². The molecule has 0 saturated heterocycles. The highest BCUT2D eigenvalue weighted by atomic mass is 16.5. The van der Waals surface area contributed by atoms with Crippen molar-refractivity contribution >= 4 is 0 Å². The molecule has 106 valence electrons. The fourth-order valence-electron chi connectivity index (χ4n) is 2.80. The highest BCUT2D eigenvalue weighted by Crippen LogP contribution is 2.24. The molecule has 3 unspecified atom stereocenters. The van der Waals surface area contributed by atoms with E-state index < -0.39 is 0 Å². The predicted molar refractivity (Wildman–Crippen MR) is 77.4 cm³/mol. The quantitative estimate of drug-likeness (QED) is 0.821. The van der Waals surface area contributed by atoms with Gasteiger partial charge in [0.05, 0.1) is 6.10 Å². The molecule has 19 heavy (non-hydrogen) atoms. The summed E-state index contributed by atoms with van der Waals surface area (Å²) in [6, 6.07) is 6.32. The van der Waals surface area contributed by atoms with Gasteiger partial charge in [-0.05, 0) is 44.7 Å². The minimum atomic E-state index is -0.238. The summed E-state index contributed by atoms with van der Waals surface area (Å²) in [5.74, 6) is 0.952. The fourth-order valence-corrected chi connectivity index (χ4v) is 2.80. The second-order valence-electron chi connectivity index (χ2n) is 5.61. The molecule has 0 aromatic heterocycles. The van der Waals surface area contributed by atoms with Crippen molar-refractivity contribution in [1.29, 1.82) is 0 Å². The van der Waals surface area contributed by atoms with Gasteiger partial charge in [0.15, 0.2) is 0 Å². The maximum Gasteiger partial charge on any atom is 0.147 e. The number of rotatable bonds is 4. The van der Waals surface area contributed by atoms with Crippen LogP contribution in [0.5, 0.6) is 5.75 Å². The standard InChI is InChI=1S/C16H25NO2/c1-11-7-6-8-12(2)16(11)19-13(3)17-14-9-4-5-10-15(14)18/h6-8,13-15,17-18H,4-5,9-10H2,1-3H3. The smallest absolute Gasteiger partial charge is 0.147 e. The average molecular weight is 263 g/mol. The first-order valence-corrected chi connectivity index (χ1v) is 7.25. The highest BCUT2D eigenvalue weighted by molar-refractivity contribution is 5.39. The number of ether oxygens (including phenoxy) is 1. The summed E-state index contributed by atoms with van der Waals surface area (Å²) in [7, 11) is 0. The molecule has 0 radical (unpaired) electrons. The molecule has 1 aliphatic carbocycles. The molecule has 2 N–H and O–H groups in total. The van der Waals surface area contributed by atoms with E-state index in [1.165, 1.54) is 6.42 Å². The molecule has 1 aromatic carbocycles. The molecule has 3 heteroatoms. The summed E-state index contributed by atoms with van der Waals surface area (Å²) < 4.78 is 6.00. The van der Waals surface area contributed by atoms with E-state index >= 15 is 0 Å². The third kappa shape index (κ3) is 3.71. The van der Waals surface area contributed by atoms with Crippen LogP contribution < -0.4 is 10.1 Å². The van der Waals surface area contributed by atoms with Crippen molar-refractivity contribution in [1.82, 2.24) is 5.32 Å². The number of hydrogen-bond acceptors (Lipinski definition) is 3. The number of nitrogens with one attached hydrogen (secondary N) is 1. The number of hydrogen-bond donors (Lipinski definition) is 2. The van der Waals surface area contributed by atoms with Gasteiger partial charge in [0, 0.05) is 6.04 Å². The molecule has 3 nitrogen and oxygen atoms in total. The van der Waals surface area contributed by atoms with Crippen LogP contribution in [0.3, 0.4) is 0 Å². The lowest BCUT2D eigenvalue weighted by molar-refractivity contribution is 0.0577. The zero-order valence-electron chi connectivity index (χ0n) is 12.1. The zero-order valence-corrected chi connectivity index (χ0v) is 12.1. The van der Waals surface area contributed by atoms with Crippen LogP contribution in [0.4, 0.5) is 0 Å². The Balaban J connectivity index is 1.95. The zero-order chi connectivity index (χ0) is 13.8. The third-order valence-electron chi connectivity index (χ3n) is 3.88. The molecule has 0 bridgehead atoms. The average Bonchev–Trinajstić information content (AvgIpc) is 2.37.